The second-order valence-electron chi connectivity index (χ2n) is 29.2. The van der Waals surface area contributed by atoms with Gasteiger partial charge in [0.15, 0.2) is 0 Å². The zero-order valence-corrected chi connectivity index (χ0v) is 61.2. The van der Waals surface area contributed by atoms with Crippen molar-refractivity contribution in [1.29, 1.82) is 0 Å². The van der Waals surface area contributed by atoms with Crippen LogP contribution in [0.1, 0.15) is 495 Å². The number of hydrogen-bond acceptors (Lipinski definition) is 5. The second-order valence-corrected chi connectivity index (χ2v) is 29.2. The number of rotatable bonds is 80. The molecule has 0 bridgehead atoms. The van der Waals surface area contributed by atoms with Crippen molar-refractivity contribution in [2.24, 2.45) is 0 Å². The molecule has 0 saturated heterocycles. The number of carbonyl (C=O) groups is 2. The predicted octanol–water partition coefficient (Wildman–Crippen LogP) is 27.7. The SMILES string of the molecule is CCCCCCCCCCCCCCCCCCCCCCCCC(O)C(CO)NC(=O)CCCCCCCCCCCCCCCCCCCCCCCCCCCCCCCCCCCOC(=O)CCCCCCCCCCCCCCCCCCC. The summed E-state index contributed by atoms with van der Waals surface area (Å²) in [5, 5.41) is 23.5. The van der Waals surface area contributed by atoms with Crippen molar-refractivity contribution < 1.29 is 24.5 Å². The van der Waals surface area contributed by atoms with Crippen molar-refractivity contribution in [3.63, 3.8) is 0 Å². The molecule has 89 heavy (non-hydrogen) atoms. The minimum absolute atomic E-state index is 0.0236. The summed E-state index contributed by atoms with van der Waals surface area (Å²) in [6.45, 7) is 5.03. The van der Waals surface area contributed by atoms with Crippen LogP contribution in [0.2, 0.25) is 0 Å². The molecule has 6 nitrogen and oxygen atoms in total. The Bertz CT molecular complexity index is 1310. The molecule has 532 valence electrons. The zero-order valence-electron chi connectivity index (χ0n) is 61.2. The fourth-order valence-corrected chi connectivity index (χ4v) is 13.8. The van der Waals surface area contributed by atoms with Gasteiger partial charge in [-0.3, -0.25) is 9.59 Å². The maximum atomic E-state index is 12.6. The van der Waals surface area contributed by atoms with Gasteiger partial charge < -0.3 is 20.3 Å². The van der Waals surface area contributed by atoms with Gasteiger partial charge in [-0.15, -0.1) is 0 Å². The molecule has 3 N–H and O–H groups in total. The smallest absolute Gasteiger partial charge is 0.305 e. The van der Waals surface area contributed by atoms with E-state index in [1.807, 2.05) is 0 Å². The number of esters is 1. The Labute approximate surface area is 559 Å². The van der Waals surface area contributed by atoms with E-state index in [2.05, 4.69) is 19.2 Å². The van der Waals surface area contributed by atoms with E-state index in [0.717, 1.165) is 38.5 Å². The lowest BCUT2D eigenvalue weighted by Crippen LogP contribution is -2.45. The lowest BCUT2D eigenvalue weighted by atomic mass is 10.0. The van der Waals surface area contributed by atoms with E-state index in [-0.39, 0.29) is 18.5 Å². The zero-order chi connectivity index (χ0) is 64.2. The lowest BCUT2D eigenvalue weighted by molar-refractivity contribution is -0.143. The molecule has 2 atom stereocenters. The molecular weight excluding hydrogens is 1090 g/mol. The van der Waals surface area contributed by atoms with Crippen molar-refractivity contribution in [1.82, 2.24) is 5.32 Å². The van der Waals surface area contributed by atoms with Crippen LogP contribution in [-0.2, 0) is 14.3 Å². The molecule has 0 spiro atoms. The number of aliphatic hydroxyl groups is 2. The Balaban J connectivity index is 3.30. The highest BCUT2D eigenvalue weighted by Crippen LogP contribution is 2.21. The largest absolute Gasteiger partial charge is 0.466 e. The van der Waals surface area contributed by atoms with Gasteiger partial charge in [0, 0.05) is 12.8 Å². The third-order valence-electron chi connectivity index (χ3n) is 20.2. The van der Waals surface area contributed by atoms with Crippen molar-refractivity contribution in [3.8, 4) is 0 Å². The third kappa shape index (κ3) is 75.8. The van der Waals surface area contributed by atoms with Crippen LogP contribution in [0.4, 0.5) is 0 Å². The normalized spacial score (nSPS) is 12.4. The van der Waals surface area contributed by atoms with Gasteiger partial charge in [-0.05, 0) is 25.7 Å². The molecule has 6 heteroatoms. The molecule has 0 saturated carbocycles. The first-order valence-electron chi connectivity index (χ1n) is 41.8. The second kappa shape index (κ2) is 79.3. The van der Waals surface area contributed by atoms with Crippen LogP contribution < -0.4 is 5.32 Å². The van der Waals surface area contributed by atoms with Gasteiger partial charge in [-0.2, -0.15) is 0 Å². The fourth-order valence-electron chi connectivity index (χ4n) is 13.8. The summed E-state index contributed by atoms with van der Waals surface area (Å²) in [5.41, 5.74) is 0. The maximum Gasteiger partial charge on any atom is 0.305 e. The monoisotopic (exact) mass is 1260 g/mol. The molecule has 0 rings (SSSR count). The average Bonchev–Trinajstić information content (AvgIpc) is 3.60. The highest BCUT2D eigenvalue weighted by Gasteiger charge is 2.20. The molecule has 0 aliphatic heterocycles. The Kier molecular flexibility index (Phi) is 78.3. The number of hydrogen-bond donors (Lipinski definition) is 3. The van der Waals surface area contributed by atoms with Crippen LogP contribution in [0, 0.1) is 0 Å². The Hall–Kier alpha value is -1.14. The van der Waals surface area contributed by atoms with Crippen LogP contribution in [0.3, 0.4) is 0 Å². The van der Waals surface area contributed by atoms with E-state index in [0.29, 0.717) is 25.9 Å². The van der Waals surface area contributed by atoms with Crippen LogP contribution in [0.25, 0.3) is 0 Å². The summed E-state index contributed by atoms with van der Waals surface area (Å²) >= 11 is 0. The molecule has 0 fully saturated rings. The molecule has 0 aliphatic carbocycles. The number of nitrogens with one attached hydrogen (secondary N) is 1. The summed E-state index contributed by atoms with van der Waals surface area (Å²) in [6, 6.07) is -0.538. The van der Waals surface area contributed by atoms with Crippen LogP contribution in [0.5, 0.6) is 0 Å². The minimum atomic E-state index is -0.661. The third-order valence-corrected chi connectivity index (χ3v) is 20.2. The van der Waals surface area contributed by atoms with Crippen molar-refractivity contribution in [2.45, 2.75) is 508 Å². The van der Waals surface area contributed by atoms with Gasteiger partial charge in [-0.1, -0.05) is 457 Å². The van der Waals surface area contributed by atoms with Gasteiger partial charge in [-0.25, -0.2) is 0 Å². The number of ether oxygens (including phenoxy) is 1. The van der Waals surface area contributed by atoms with E-state index in [1.54, 1.807) is 0 Å². The summed E-state index contributed by atoms with van der Waals surface area (Å²) in [7, 11) is 0. The van der Waals surface area contributed by atoms with Gasteiger partial charge in [0.1, 0.15) is 0 Å². The van der Waals surface area contributed by atoms with Crippen LogP contribution in [-0.4, -0.2) is 47.4 Å². The maximum absolute atomic E-state index is 12.6. The average molecular weight is 1260 g/mol. The summed E-state index contributed by atoms with van der Waals surface area (Å²) < 4.78 is 5.52. The molecule has 0 aromatic carbocycles. The van der Waals surface area contributed by atoms with Crippen LogP contribution >= 0.6 is 0 Å². The first-order valence-corrected chi connectivity index (χ1v) is 41.8. The number of carbonyl (C=O) groups excluding carboxylic acids is 2. The van der Waals surface area contributed by atoms with E-state index < -0.39 is 12.1 Å². The van der Waals surface area contributed by atoms with Gasteiger partial charge >= 0.3 is 5.97 Å². The number of aliphatic hydroxyl groups excluding tert-OH is 2. The molecule has 0 radical (unpaired) electrons. The number of unbranched alkanes of at least 4 members (excludes halogenated alkanes) is 69. The predicted molar refractivity (Wildman–Crippen MR) is 394 cm³/mol. The molecular formula is C83H165NO5. The molecule has 0 heterocycles. The molecule has 1 amide bonds. The lowest BCUT2D eigenvalue weighted by Gasteiger charge is -2.22. The fraction of sp³-hybridized carbons (Fsp3) is 0.976. The van der Waals surface area contributed by atoms with E-state index in [9.17, 15) is 19.8 Å². The Morgan fingerprint density at radius 2 is 0.461 bits per heavy atom. The summed E-state index contributed by atoms with van der Waals surface area (Å²) in [4.78, 5) is 24.7. The quantitative estimate of drug-likeness (QED) is 0.0417. The van der Waals surface area contributed by atoms with E-state index in [1.165, 1.54) is 424 Å². The van der Waals surface area contributed by atoms with Crippen molar-refractivity contribution in [3.05, 3.63) is 0 Å². The molecule has 0 aliphatic rings. The standard InChI is InChI=1S/C83H165NO5/c1-3-5-7-9-11-13-15-17-19-21-22-23-37-40-44-47-51-55-59-63-67-71-75-81(86)80(79-85)84-82(87)76-72-68-64-60-56-52-48-45-41-38-35-33-31-29-27-25-24-26-28-30-32-34-36-39-42-46-50-54-58-62-66-70-74-78-89-83(88)77-73-69-65-61-57-53-49-43-20-18-16-14-12-10-8-6-4-2/h80-81,85-86H,3-79H2,1-2H3,(H,84,87). The van der Waals surface area contributed by atoms with Crippen molar-refractivity contribution in [2.75, 3.05) is 13.2 Å². The molecule has 0 aromatic heterocycles. The molecule has 0 aromatic rings. The first-order chi connectivity index (χ1) is 44.0. The Morgan fingerprint density at radius 1 is 0.270 bits per heavy atom. The van der Waals surface area contributed by atoms with Crippen LogP contribution in [0.15, 0.2) is 0 Å². The first kappa shape index (κ1) is 87.9. The summed E-state index contributed by atoms with van der Waals surface area (Å²) in [6.07, 6.45) is 99.3. The highest BCUT2D eigenvalue weighted by molar-refractivity contribution is 5.76. The van der Waals surface area contributed by atoms with Crippen molar-refractivity contribution >= 4 is 11.9 Å². The van der Waals surface area contributed by atoms with E-state index in [4.69, 9.17) is 4.74 Å². The van der Waals surface area contributed by atoms with E-state index >= 15 is 0 Å². The van der Waals surface area contributed by atoms with Gasteiger partial charge in [0.25, 0.3) is 0 Å². The summed E-state index contributed by atoms with van der Waals surface area (Å²) in [5.74, 6) is 0.00376. The van der Waals surface area contributed by atoms with Gasteiger partial charge in [0.05, 0.1) is 25.4 Å². The Morgan fingerprint density at radius 3 is 0.685 bits per heavy atom. The number of amides is 1. The topological polar surface area (TPSA) is 95.9 Å². The molecule has 2 unspecified atom stereocenters. The van der Waals surface area contributed by atoms with Gasteiger partial charge in [0.2, 0.25) is 5.91 Å². The highest BCUT2D eigenvalue weighted by atomic mass is 16.5. The minimum Gasteiger partial charge on any atom is -0.466 e.